The number of amides is 1. The van der Waals surface area contributed by atoms with Crippen molar-refractivity contribution in [3.8, 4) is 23.0 Å². The molecule has 0 saturated carbocycles. The number of methoxy groups -OCH3 is 2. The van der Waals surface area contributed by atoms with Gasteiger partial charge in [0.05, 0.1) is 31.4 Å². The third-order valence-corrected chi connectivity index (χ3v) is 5.80. The number of nitrogens with zero attached hydrogens (tertiary/aromatic N) is 4. The van der Waals surface area contributed by atoms with Crippen LogP contribution in [0.2, 0.25) is 10.0 Å². The van der Waals surface area contributed by atoms with Gasteiger partial charge in [-0.15, -0.1) is 0 Å². The second-order valence-electron chi connectivity index (χ2n) is 7.31. The van der Waals surface area contributed by atoms with Gasteiger partial charge in [0, 0.05) is 42.8 Å². The Morgan fingerprint density at radius 2 is 1.72 bits per heavy atom. The van der Waals surface area contributed by atoms with Crippen molar-refractivity contribution in [1.82, 2.24) is 19.9 Å². The van der Waals surface area contributed by atoms with E-state index in [1.165, 1.54) is 0 Å². The second-order valence-corrected chi connectivity index (χ2v) is 8.15. The summed E-state index contributed by atoms with van der Waals surface area (Å²) in [5.41, 5.74) is 1.18. The lowest BCUT2D eigenvalue weighted by molar-refractivity contribution is 0.0623. The van der Waals surface area contributed by atoms with E-state index in [4.69, 9.17) is 37.2 Å². The van der Waals surface area contributed by atoms with Gasteiger partial charge in [-0.05, 0) is 30.3 Å². The Balaban J connectivity index is 1.36. The highest BCUT2D eigenvalue weighted by Gasteiger charge is 2.24. The van der Waals surface area contributed by atoms with E-state index < -0.39 is 0 Å². The summed E-state index contributed by atoms with van der Waals surface area (Å²) in [6.45, 7) is 3.08. The van der Waals surface area contributed by atoms with Crippen molar-refractivity contribution >= 4 is 29.1 Å². The smallest absolute Gasteiger partial charge is 0.259 e. The van der Waals surface area contributed by atoms with Crippen molar-refractivity contribution in [1.29, 1.82) is 0 Å². The minimum Gasteiger partial charge on any atom is -0.497 e. The molecule has 1 saturated heterocycles. The number of piperazine rings is 1. The van der Waals surface area contributed by atoms with Crippen LogP contribution in [0.3, 0.4) is 0 Å². The molecule has 1 aromatic heterocycles. The Kier molecular flexibility index (Phi) is 6.83. The third-order valence-electron chi connectivity index (χ3n) is 5.25. The average Bonchev–Trinajstić information content (AvgIpc) is 3.26. The van der Waals surface area contributed by atoms with Gasteiger partial charge in [-0.2, -0.15) is 4.98 Å². The normalized spacial score (nSPS) is 14.4. The lowest BCUT2D eigenvalue weighted by atomic mass is 10.1. The summed E-state index contributed by atoms with van der Waals surface area (Å²) in [5, 5.41) is 5.06. The molecular formula is C22H22Cl2N4O4. The number of halogens is 2. The van der Waals surface area contributed by atoms with E-state index in [0.717, 1.165) is 0 Å². The molecule has 8 nitrogen and oxygen atoms in total. The zero-order valence-electron chi connectivity index (χ0n) is 17.7. The number of ether oxygens (including phenoxy) is 2. The number of rotatable bonds is 6. The van der Waals surface area contributed by atoms with Crippen LogP contribution in [0.4, 0.5) is 0 Å². The van der Waals surface area contributed by atoms with Crippen molar-refractivity contribution in [2.45, 2.75) is 6.54 Å². The molecule has 4 rings (SSSR count). The first-order chi connectivity index (χ1) is 15.5. The highest BCUT2D eigenvalue weighted by molar-refractivity contribution is 6.36. The van der Waals surface area contributed by atoms with Crippen LogP contribution in [0.15, 0.2) is 40.9 Å². The topological polar surface area (TPSA) is 80.9 Å². The summed E-state index contributed by atoms with van der Waals surface area (Å²) in [7, 11) is 3.12. The van der Waals surface area contributed by atoms with Gasteiger partial charge in [0.1, 0.15) is 11.5 Å². The molecule has 2 heterocycles. The molecule has 2 aromatic carbocycles. The SMILES string of the molecule is COc1cc(OC)cc(C(=O)N2CCN(Cc3noc(-c4ccc(Cl)cc4Cl)n3)CC2)c1. The molecule has 0 aliphatic carbocycles. The molecule has 1 aliphatic rings. The summed E-state index contributed by atoms with van der Waals surface area (Å²) in [6, 6.07) is 10.3. The van der Waals surface area contributed by atoms with Crippen molar-refractivity contribution in [3.05, 3.63) is 57.8 Å². The molecule has 0 bridgehead atoms. The van der Waals surface area contributed by atoms with Crippen LogP contribution in [0.25, 0.3) is 11.5 Å². The highest BCUT2D eigenvalue weighted by atomic mass is 35.5. The third kappa shape index (κ3) is 4.98. The fraction of sp³-hybridized carbons (Fsp3) is 0.318. The van der Waals surface area contributed by atoms with Crippen LogP contribution < -0.4 is 9.47 Å². The van der Waals surface area contributed by atoms with Gasteiger partial charge in [0.15, 0.2) is 5.82 Å². The van der Waals surface area contributed by atoms with Crippen LogP contribution in [-0.2, 0) is 6.54 Å². The van der Waals surface area contributed by atoms with E-state index in [2.05, 4.69) is 15.0 Å². The Hall–Kier alpha value is -2.81. The van der Waals surface area contributed by atoms with Crippen molar-refractivity contribution in [2.24, 2.45) is 0 Å². The monoisotopic (exact) mass is 476 g/mol. The Morgan fingerprint density at radius 1 is 1.03 bits per heavy atom. The molecule has 0 unspecified atom stereocenters. The molecule has 0 spiro atoms. The maximum Gasteiger partial charge on any atom is 0.259 e. The number of hydrogen-bond donors (Lipinski definition) is 0. The number of carbonyl (C=O) groups is 1. The predicted octanol–water partition coefficient (Wildman–Crippen LogP) is 4.02. The molecule has 0 N–H and O–H groups in total. The van der Waals surface area contributed by atoms with Crippen LogP contribution in [-0.4, -0.2) is 66.2 Å². The molecule has 1 fully saturated rings. The van der Waals surface area contributed by atoms with Gasteiger partial charge < -0.3 is 18.9 Å². The number of carbonyl (C=O) groups excluding carboxylic acids is 1. The number of aromatic nitrogens is 2. The summed E-state index contributed by atoms with van der Waals surface area (Å²) in [4.78, 5) is 21.4. The Bertz CT molecular complexity index is 1090. The number of benzene rings is 2. The van der Waals surface area contributed by atoms with E-state index >= 15 is 0 Å². The van der Waals surface area contributed by atoms with E-state index in [1.54, 1.807) is 50.6 Å². The van der Waals surface area contributed by atoms with Gasteiger partial charge >= 0.3 is 0 Å². The van der Waals surface area contributed by atoms with Crippen LogP contribution >= 0.6 is 23.2 Å². The lowest BCUT2D eigenvalue weighted by Crippen LogP contribution is -2.48. The van der Waals surface area contributed by atoms with E-state index in [9.17, 15) is 4.79 Å². The molecule has 1 amide bonds. The minimum absolute atomic E-state index is 0.0546. The van der Waals surface area contributed by atoms with E-state index in [1.807, 2.05) is 4.90 Å². The first-order valence-electron chi connectivity index (χ1n) is 9.99. The summed E-state index contributed by atoms with van der Waals surface area (Å²) < 4.78 is 15.9. The van der Waals surface area contributed by atoms with Crippen LogP contribution in [0.5, 0.6) is 11.5 Å². The van der Waals surface area contributed by atoms with Gasteiger partial charge in [0.25, 0.3) is 11.8 Å². The largest absolute Gasteiger partial charge is 0.497 e. The number of hydrogen-bond acceptors (Lipinski definition) is 7. The van der Waals surface area contributed by atoms with Crippen molar-refractivity contribution in [3.63, 3.8) is 0 Å². The standard InChI is InChI=1S/C22H22Cl2N4O4/c1-30-16-9-14(10-17(12-16)31-2)22(29)28-7-5-27(6-8-28)13-20-25-21(32-26-20)18-4-3-15(23)11-19(18)24/h3-4,9-12H,5-8,13H2,1-2H3. The maximum atomic E-state index is 13.0. The fourth-order valence-electron chi connectivity index (χ4n) is 3.51. The fourth-order valence-corrected chi connectivity index (χ4v) is 4.00. The molecule has 1 aliphatic heterocycles. The van der Waals surface area contributed by atoms with Crippen molar-refractivity contribution in [2.75, 3.05) is 40.4 Å². The molecule has 168 valence electrons. The van der Waals surface area contributed by atoms with Gasteiger partial charge in [-0.25, -0.2) is 0 Å². The molecule has 0 atom stereocenters. The maximum absolute atomic E-state index is 13.0. The van der Waals surface area contributed by atoms with E-state index in [0.29, 0.717) is 77.1 Å². The molecule has 10 heteroatoms. The van der Waals surface area contributed by atoms with E-state index in [-0.39, 0.29) is 5.91 Å². The minimum atomic E-state index is -0.0546. The van der Waals surface area contributed by atoms with Gasteiger partial charge in [-0.1, -0.05) is 28.4 Å². The predicted molar refractivity (Wildman–Crippen MR) is 120 cm³/mol. The quantitative estimate of drug-likeness (QED) is 0.531. The van der Waals surface area contributed by atoms with Gasteiger partial charge in [0.2, 0.25) is 0 Å². The first-order valence-corrected chi connectivity index (χ1v) is 10.7. The molecular weight excluding hydrogens is 455 g/mol. The van der Waals surface area contributed by atoms with Gasteiger partial charge in [-0.3, -0.25) is 9.69 Å². The zero-order valence-corrected chi connectivity index (χ0v) is 19.2. The summed E-state index contributed by atoms with van der Waals surface area (Å²) >= 11 is 12.2. The van der Waals surface area contributed by atoms with Crippen LogP contribution in [0, 0.1) is 0 Å². The first kappa shape index (κ1) is 22.4. The Labute approximate surface area is 195 Å². The van der Waals surface area contributed by atoms with Crippen LogP contribution in [0.1, 0.15) is 16.2 Å². The molecule has 32 heavy (non-hydrogen) atoms. The molecule has 3 aromatic rings. The summed E-state index contributed by atoms with van der Waals surface area (Å²) in [5.74, 6) is 2.02. The molecule has 0 radical (unpaired) electrons. The second kappa shape index (κ2) is 9.77. The highest BCUT2D eigenvalue weighted by Crippen LogP contribution is 2.29. The lowest BCUT2D eigenvalue weighted by Gasteiger charge is -2.34. The zero-order chi connectivity index (χ0) is 22.7. The average molecular weight is 477 g/mol. The summed E-state index contributed by atoms with van der Waals surface area (Å²) in [6.07, 6.45) is 0. The van der Waals surface area contributed by atoms with Crippen molar-refractivity contribution < 1.29 is 18.8 Å². The Morgan fingerprint density at radius 3 is 2.34 bits per heavy atom.